The average Bonchev–Trinajstić information content (AvgIpc) is 3.26. The van der Waals surface area contributed by atoms with Gasteiger partial charge in [-0.3, -0.25) is 4.79 Å². The van der Waals surface area contributed by atoms with Crippen LogP contribution >= 0.6 is 23.5 Å². The molecule has 7 nitrogen and oxygen atoms in total. The first kappa shape index (κ1) is 22.2. The smallest absolute Gasteiger partial charge is 0.255 e. The van der Waals surface area contributed by atoms with Gasteiger partial charge in [-0.15, -0.1) is 11.8 Å². The van der Waals surface area contributed by atoms with Crippen molar-refractivity contribution < 1.29 is 22.4 Å². The van der Waals surface area contributed by atoms with Crippen molar-refractivity contribution in [2.75, 3.05) is 44.9 Å². The maximum absolute atomic E-state index is 12.9. The van der Waals surface area contributed by atoms with Gasteiger partial charge in [-0.2, -0.15) is 11.8 Å². The molecule has 1 saturated heterocycles. The number of benzene rings is 1. The Hall–Kier alpha value is -1.46. The predicted octanol–water partition coefficient (Wildman–Crippen LogP) is 2.69. The number of sulfonamides is 1. The van der Waals surface area contributed by atoms with E-state index in [1.165, 1.54) is 17.8 Å². The molecule has 0 spiro atoms. The Morgan fingerprint density at radius 3 is 2.72 bits per heavy atom. The minimum absolute atomic E-state index is 0.0999. The summed E-state index contributed by atoms with van der Waals surface area (Å²) in [6.45, 7) is 2.30. The fourth-order valence-corrected chi connectivity index (χ4v) is 5.37. The van der Waals surface area contributed by atoms with Crippen LogP contribution in [0.25, 0.3) is 0 Å². The first-order valence-corrected chi connectivity index (χ1v) is 13.0. The number of morpholine rings is 1. The van der Waals surface area contributed by atoms with Gasteiger partial charge in [-0.1, -0.05) is 0 Å². The number of amides is 1. The second-order valence-corrected chi connectivity index (χ2v) is 10.0. The van der Waals surface area contributed by atoms with Crippen molar-refractivity contribution in [3.63, 3.8) is 0 Å². The molecular formula is C19H24N2O5S3. The summed E-state index contributed by atoms with van der Waals surface area (Å²) in [6, 6.07) is 8.42. The molecule has 0 saturated carbocycles. The van der Waals surface area contributed by atoms with Crippen molar-refractivity contribution >= 4 is 39.5 Å². The van der Waals surface area contributed by atoms with E-state index in [-0.39, 0.29) is 10.8 Å². The topological polar surface area (TPSA) is 88.8 Å². The van der Waals surface area contributed by atoms with Crippen molar-refractivity contribution in [1.29, 1.82) is 0 Å². The number of nitrogens with one attached hydrogen (secondary N) is 1. The highest BCUT2D eigenvalue weighted by molar-refractivity contribution is 7.98. The van der Waals surface area contributed by atoms with Gasteiger partial charge in [0, 0.05) is 30.3 Å². The predicted molar refractivity (Wildman–Crippen MR) is 115 cm³/mol. The van der Waals surface area contributed by atoms with Crippen molar-refractivity contribution in [2.45, 2.75) is 15.5 Å². The molecule has 0 bridgehead atoms. The first-order valence-electron chi connectivity index (χ1n) is 9.16. The van der Waals surface area contributed by atoms with Gasteiger partial charge in [0.05, 0.1) is 35.7 Å². The summed E-state index contributed by atoms with van der Waals surface area (Å²) in [7, 11) is -3.70. The second kappa shape index (κ2) is 10.5. The number of rotatable bonds is 9. The van der Waals surface area contributed by atoms with Crippen LogP contribution in [0.15, 0.2) is 50.8 Å². The molecule has 10 heteroatoms. The largest absolute Gasteiger partial charge is 0.468 e. The number of furan rings is 1. The van der Waals surface area contributed by atoms with E-state index < -0.39 is 10.0 Å². The number of ether oxygens (including phenoxy) is 1. The van der Waals surface area contributed by atoms with Gasteiger partial charge in [0.25, 0.3) is 5.91 Å². The molecule has 3 rings (SSSR count). The van der Waals surface area contributed by atoms with Gasteiger partial charge < -0.3 is 14.1 Å². The maximum Gasteiger partial charge on any atom is 0.255 e. The summed E-state index contributed by atoms with van der Waals surface area (Å²) in [5.74, 6) is 2.00. The molecule has 1 aromatic heterocycles. The Morgan fingerprint density at radius 2 is 2.03 bits per heavy atom. The van der Waals surface area contributed by atoms with Crippen LogP contribution in [0.2, 0.25) is 0 Å². The highest BCUT2D eigenvalue weighted by Gasteiger charge is 2.23. The van der Waals surface area contributed by atoms with Crippen LogP contribution in [-0.4, -0.2) is 64.1 Å². The molecule has 0 aliphatic carbocycles. The summed E-state index contributed by atoms with van der Waals surface area (Å²) in [5, 5.41) is 0. The van der Waals surface area contributed by atoms with Crippen molar-refractivity contribution in [3.05, 3.63) is 47.9 Å². The van der Waals surface area contributed by atoms with Gasteiger partial charge in [-0.05, 0) is 36.6 Å². The lowest BCUT2D eigenvalue weighted by Gasteiger charge is -2.27. The second-order valence-electron chi connectivity index (χ2n) is 6.30. The molecular weight excluding hydrogens is 432 g/mol. The Kier molecular flexibility index (Phi) is 8.07. The summed E-state index contributed by atoms with van der Waals surface area (Å²) >= 11 is 3.01. The van der Waals surface area contributed by atoms with E-state index in [2.05, 4.69) is 4.72 Å². The molecule has 158 valence electrons. The van der Waals surface area contributed by atoms with Crippen molar-refractivity contribution in [3.8, 4) is 0 Å². The zero-order chi connectivity index (χ0) is 20.7. The lowest BCUT2D eigenvalue weighted by molar-refractivity contribution is 0.0300. The van der Waals surface area contributed by atoms with E-state index in [1.54, 1.807) is 35.1 Å². The molecule has 29 heavy (non-hydrogen) atoms. The van der Waals surface area contributed by atoms with Gasteiger partial charge in [0.1, 0.15) is 5.76 Å². The molecule has 1 aromatic carbocycles. The zero-order valence-electron chi connectivity index (χ0n) is 16.1. The van der Waals surface area contributed by atoms with E-state index in [0.717, 1.165) is 10.7 Å². The maximum atomic E-state index is 12.9. The SMILES string of the molecule is CSc1ccc(S(=O)(=O)NCCSCc2ccco2)cc1C(=O)N1CCOCC1. The van der Waals surface area contributed by atoms with Crippen LogP contribution in [0.4, 0.5) is 0 Å². The Balaban J connectivity index is 1.64. The molecule has 0 unspecified atom stereocenters. The van der Waals surface area contributed by atoms with Crippen LogP contribution in [0, 0.1) is 0 Å². The summed E-state index contributed by atoms with van der Waals surface area (Å²) < 4.78 is 38.5. The molecule has 2 heterocycles. The van der Waals surface area contributed by atoms with Crippen LogP contribution in [0.3, 0.4) is 0 Å². The molecule has 1 amide bonds. The van der Waals surface area contributed by atoms with Crippen LogP contribution < -0.4 is 4.72 Å². The fourth-order valence-electron chi connectivity index (χ4n) is 2.86. The van der Waals surface area contributed by atoms with Crippen LogP contribution in [0.1, 0.15) is 16.1 Å². The first-order chi connectivity index (χ1) is 14.0. The van der Waals surface area contributed by atoms with E-state index in [1.807, 2.05) is 18.4 Å². The van der Waals surface area contributed by atoms with E-state index in [4.69, 9.17) is 9.15 Å². The van der Waals surface area contributed by atoms with Gasteiger partial charge in [0.15, 0.2) is 0 Å². The van der Waals surface area contributed by atoms with Crippen LogP contribution in [0.5, 0.6) is 0 Å². The molecule has 1 aliphatic rings. The van der Waals surface area contributed by atoms with E-state index >= 15 is 0 Å². The van der Waals surface area contributed by atoms with Gasteiger partial charge >= 0.3 is 0 Å². The van der Waals surface area contributed by atoms with Gasteiger partial charge in [-0.25, -0.2) is 13.1 Å². The standard InChI is InChI=1S/C19H24N2O5S3/c1-27-18-5-4-16(13-17(18)19(22)21-7-10-25-11-8-21)29(23,24)20-6-12-28-14-15-3-2-9-26-15/h2-5,9,13,20H,6-8,10-12,14H2,1H3. The normalized spacial score (nSPS) is 14.9. The Morgan fingerprint density at radius 1 is 1.24 bits per heavy atom. The molecule has 0 radical (unpaired) electrons. The number of carbonyl (C=O) groups is 1. The van der Waals surface area contributed by atoms with Gasteiger partial charge in [0.2, 0.25) is 10.0 Å². The fraction of sp³-hybridized carbons (Fsp3) is 0.421. The summed E-state index contributed by atoms with van der Waals surface area (Å²) in [5.41, 5.74) is 0.412. The van der Waals surface area contributed by atoms with E-state index in [9.17, 15) is 13.2 Å². The molecule has 1 fully saturated rings. The number of hydrogen-bond acceptors (Lipinski definition) is 7. The molecule has 1 N–H and O–H groups in total. The van der Waals surface area contributed by atoms with Crippen LogP contribution in [-0.2, 0) is 20.5 Å². The quantitative estimate of drug-likeness (QED) is 0.458. The van der Waals surface area contributed by atoms with E-state index in [0.29, 0.717) is 49.9 Å². The summed E-state index contributed by atoms with van der Waals surface area (Å²) in [6.07, 6.45) is 3.49. The Bertz CT molecular complexity index is 910. The number of hydrogen-bond donors (Lipinski definition) is 1. The van der Waals surface area contributed by atoms with Crippen molar-refractivity contribution in [1.82, 2.24) is 9.62 Å². The lowest BCUT2D eigenvalue weighted by Crippen LogP contribution is -2.41. The minimum Gasteiger partial charge on any atom is -0.468 e. The monoisotopic (exact) mass is 456 g/mol. The highest BCUT2D eigenvalue weighted by Crippen LogP contribution is 2.25. The summed E-state index contributed by atoms with van der Waals surface area (Å²) in [4.78, 5) is 15.5. The lowest BCUT2D eigenvalue weighted by atomic mass is 10.2. The third-order valence-electron chi connectivity index (χ3n) is 4.37. The molecule has 1 aliphatic heterocycles. The number of carbonyl (C=O) groups excluding carboxylic acids is 1. The third-order valence-corrected chi connectivity index (χ3v) is 7.61. The Labute approximate surface area is 179 Å². The number of nitrogens with zero attached hydrogens (tertiary/aromatic N) is 1. The van der Waals surface area contributed by atoms with Crippen molar-refractivity contribution in [2.24, 2.45) is 0 Å². The zero-order valence-corrected chi connectivity index (χ0v) is 18.6. The molecule has 0 atom stereocenters. The number of thioether (sulfide) groups is 2. The highest BCUT2D eigenvalue weighted by atomic mass is 32.2. The minimum atomic E-state index is -3.70. The molecule has 2 aromatic rings. The average molecular weight is 457 g/mol. The third kappa shape index (κ3) is 6.02.